The summed E-state index contributed by atoms with van der Waals surface area (Å²) in [6.07, 6.45) is 0.928. The van der Waals surface area contributed by atoms with Crippen LogP contribution in [0, 0.1) is 18.7 Å². The Bertz CT molecular complexity index is 682. The molecule has 5 nitrogen and oxygen atoms in total. The van der Waals surface area contributed by atoms with E-state index in [0.29, 0.717) is 44.6 Å². The predicted octanol–water partition coefficient (Wildman–Crippen LogP) is 2.89. The molecule has 1 unspecified atom stereocenters. The standard InChI is InChI=1S/C22H34FN3O2/c1-16(2)19(18-6-7-20(23)17(3)14-18)15-22(28)26-12-10-25(11-13-26)21(27)8-9-24(4)5/h6-7,14,16,19H,8-13,15H2,1-5H3. The van der Waals surface area contributed by atoms with Gasteiger partial charge >= 0.3 is 0 Å². The summed E-state index contributed by atoms with van der Waals surface area (Å²) in [4.78, 5) is 30.8. The largest absolute Gasteiger partial charge is 0.339 e. The molecule has 6 heteroatoms. The van der Waals surface area contributed by atoms with Crippen molar-refractivity contribution in [3.8, 4) is 0 Å². The second-order valence-corrected chi connectivity index (χ2v) is 8.38. The van der Waals surface area contributed by atoms with Crippen LogP contribution < -0.4 is 0 Å². The van der Waals surface area contributed by atoms with Gasteiger partial charge < -0.3 is 14.7 Å². The molecule has 1 aliphatic rings. The summed E-state index contributed by atoms with van der Waals surface area (Å²) in [5.41, 5.74) is 1.63. The van der Waals surface area contributed by atoms with Crippen LogP contribution in [0.15, 0.2) is 18.2 Å². The van der Waals surface area contributed by atoms with Gasteiger partial charge in [0.2, 0.25) is 11.8 Å². The van der Waals surface area contributed by atoms with Gasteiger partial charge in [0.1, 0.15) is 5.82 Å². The zero-order valence-electron chi connectivity index (χ0n) is 17.9. The van der Waals surface area contributed by atoms with Crippen LogP contribution in [0.3, 0.4) is 0 Å². The third kappa shape index (κ3) is 6.03. The van der Waals surface area contributed by atoms with Crippen LogP contribution >= 0.6 is 0 Å². The normalized spacial score (nSPS) is 16.0. The smallest absolute Gasteiger partial charge is 0.223 e. The fourth-order valence-electron chi connectivity index (χ4n) is 3.64. The summed E-state index contributed by atoms with van der Waals surface area (Å²) in [6.45, 7) is 9.05. The Morgan fingerprint density at radius 1 is 1.07 bits per heavy atom. The molecule has 1 saturated heterocycles. The summed E-state index contributed by atoms with van der Waals surface area (Å²) >= 11 is 0. The zero-order chi connectivity index (χ0) is 20.8. The highest BCUT2D eigenvalue weighted by Crippen LogP contribution is 2.30. The Balaban J connectivity index is 1.93. The Morgan fingerprint density at radius 2 is 1.64 bits per heavy atom. The Hall–Kier alpha value is -1.95. The minimum absolute atomic E-state index is 0.0616. The van der Waals surface area contributed by atoms with Gasteiger partial charge in [-0.25, -0.2) is 4.39 Å². The quantitative estimate of drug-likeness (QED) is 0.718. The molecule has 0 saturated carbocycles. The summed E-state index contributed by atoms with van der Waals surface area (Å²) in [5, 5.41) is 0. The van der Waals surface area contributed by atoms with Gasteiger partial charge in [0.15, 0.2) is 0 Å². The molecule has 28 heavy (non-hydrogen) atoms. The van der Waals surface area contributed by atoms with Gasteiger partial charge in [-0.1, -0.05) is 26.0 Å². The number of benzene rings is 1. The van der Waals surface area contributed by atoms with Crippen LogP contribution in [0.4, 0.5) is 4.39 Å². The molecule has 2 amide bonds. The Labute approximate surface area is 168 Å². The van der Waals surface area contributed by atoms with Crippen molar-refractivity contribution < 1.29 is 14.0 Å². The molecule has 0 N–H and O–H groups in total. The number of halogens is 1. The molecular weight excluding hydrogens is 357 g/mol. The summed E-state index contributed by atoms with van der Waals surface area (Å²) in [5.74, 6) is 0.394. The molecule has 1 fully saturated rings. The maximum Gasteiger partial charge on any atom is 0.223 e. The second-order valence-electron chi connectivity index (χ2n) is 8.38. The third-order valence-corrected chi connectivity index (χ3v) is 5.57. The number of carbonyl (C=O) groups is 2. The molecule has 0 spiro atoms. The van der Waals surface area contributed by atoms with Crippen molar-refractivity contribution in [3.63, 3.8) is 0 Å². The maximum atomic E-state index is 13.6. The van der Waals surface area contributed by atoms with Crippen molar-refractivity contribution in [3.05, 3.63) is 35.1 Å². The van der Waals surface area contributed by atoms with Crippen molar-refractivity contribution in [1.29, 1.82) is 0 Å². The van der Waals surface area contributed by atoms with E-state index in [1.807, 2.05) is 34.9 Å². The van der Waals surface area contributed by atoms with Crippen molar-refractivity contribution in [2.24, 2.45) is 5.92 Å². The van der Waals surface area contributed by atoms with Crippen molar-refractivity contribution >= 4 is 11.8 Å². The van der Waals surface area contributed by atoms with Crippen molar-refractivity contribution in [2.45, 2.75) is 39.5 Å². The topological polar surface area (TPSA) is 43.9 Å². The van der Waals surface area contributed by atoms with Crippen LogP contribution in [0.2, 0.25) is 0 Å². The summed E-state index contributed by atoms with van der Waals surface area (Å²) in [7, 11) is 3.91. The number of hydrogen-bond donors (Lipinski definition) is 0. The number of piperazine rings is 1. The molecule has 1 aromatic carbocycles. The number of rotatable bonds is 7. The lowest BCUT2D eigenvalue weighted by atomic mass is 9.84. The first-order chi connectivity index (χ1) is 13.2. The number of aryl methyl sites for hydroxylation is 1. The minimum Gasteiger partial charge on any atom is -0.339 e. The van der Waals surface area contributed by atoms with Gasteiger partial charge in [0.05, 0.1) is 0 Å². The first-order valence-electron chi connectivity index (χ1n) is 10.2. The minimum atomic E-state index is -0.215. The van der Waals surface area contributed by atoms with E-state index in [1.165, 1.54) is 6.07 Å². The lowest BCUT2D eigenvalue weighted by Gasteiger charge is -2.36. The molecule has 0 bridgehead atoms. The van der Waals surface area contributed by atoms with Crippen LogP contribution in [-0.4, -0.2) is 73.3 Å². The molecule has 0 aliphatic carbocycles. The second kappa shape index (κ2) is 10.0. The van der Waals surface area contributed by atoms with E-state index in [9.17, 15) is 14.0 Å². The van der Waals surface area contributed by atoms with E-state index < -0.39 is 0 Å². The van der Waals surface area contributed by atoms with E-state index in [4.69, 9.17) is 0 Å². The van der Waals surface area contributed by atoms with Crippen LogP contribution in [0.1, 0.15) is 43.7 Å². The average molecular weight is 392 g/mol. The highest BCUT2D eigenvalue weighted by Gasteiger charge is 2.27. The van der Waals surface area contributed by atoms with E-state index in [2.05, 4.69) is 13.8 Å². The molecule has 1 aromatic rings. The molecule has 2 rings (SSSR count). The van der Waals surface area contributed by atoms with E-state index in [-0.39, 0.29) is 29.5 Å². The number of nitrogens with zero attached hydrogens (tertiary/aromatic N) is 3. The molecule has 1 atom stereocenters. The molecule has 1 aliphatic heterocycles. The van der Waals surface area contributed by atoms with Crippen LogP contribution in [-0.2, 0) is 9.59 Å². The van der Waals surface area contributed by atoms with Crippen LogP contribution in [0.25, 0.3) is 0 Å². The van der Waals surface area contributed by atoms with Crippen molar-refractivity contribution in [2.75, 3.05) is 46.8 Å². The van der Waals surface area contributed by atoms with Crippen molar-refractivity contribution in [1.82, 2.24) is 14.7 Å². The molecule has 156 valence electrons. The zero-order valence-corrected chi connectivity index (χ0v) is 17.9. The highest BCUT2D eigenvalue weighted by atomic mass is 19.1. The van der Waals surface area contributed by atoms with Gasteiger partial charge in [-0.15, -0.1) is 0 Å². The SMILES string of the molecule is Cc1cc(C(CC(=O)N2CCN(C(=O)CCN(C)C)CC2)C(C)C)ccc1F. The monoisotopic (exact) mass is 391 g/mol. The third-order valence-electron chi connectivity index (χ3n) is 5.57. The van der Waals surface area contributed by atoms with Crippen LogP contribution in [0.5, 0.6) is 0 Å². The number of hydrogen-bond acceptors (Lipinski definition) is 3. The fourth-order valence-corrected chi connectivity index (χ4v) is 3.64. The van der Waals surface area contributed by atoms with Gasteiger partial charge in [-0.2, -0.15) is 0 Å². The van der Waals surface area contributed by atoms with Gasteiger partial charge in [0, 0.05) is 45.6 Å². The molecule has 1 heterocycles. The van der Waals surface area contributed by atoms with Gasteiger partial charge in [-0.05, 0) is 50.0 Å². The fraction of sp³-hybridized carbons (Fsp3) is 0.636. The Kier molecular flexibility index (Phi) is 7.98. The molecular formula is C22H34FN3O2. The lowest BCUT2D eigenvalue weighted by Crippen LogP contribution is -2.51. The number of carbonyl (C=O) groups excluding carboxylic acids is 2. The highest BCUT2D eigenvalue weighted by molar-refractivity contribution is 5.79. The predicted molar refractivity (Wildman–Crippen MR) is 110 cm³/mol. The molecule has 0 radical (unpaired) electrons. The number of amides is 2. The van der Waals surface area contributed by atoms with E-state index in [1.54, 1.807) is 13.0 Å². The average Bonchev–Trinajstić information content (AvgIpc) is 2.66. The van der Waals surface area contributed by atoms with Gasteiger partial charge in [0.25, 0.3) is 0 Å². The van der Waals surface area contributed by atoms with E-state index >= 15 is 0 Å². The van der Waals surface area contributed by atoms with Gasteiger partial charge in [-0.3, -0.25) is 9.59 Å². The first kappa shape index (κ1) is 22.3. The maximum absolute atomic E-state index is 13.6. The first-order valence-corrected chi connectivity index (χ1v) is 10.2. The summed E-state index contributed by atoms with van der Waals surface area (Å²) in [6, 6.07) is 5.14. The van der Waals surface area contributed by atoms with E-state index in [0.717, 1.165) is 12.1 Å². The lowest BCUT2D eigenvalue weighted by molar-refractivity contribution is -0.140. The summed E-state index contributed by atoms with van der Waals surface area (Å²) < 4.78 is 13.6. The molecule has 0 aromatic heterocycles. The Morgan fingerprint density at radius 3 is 2.14 bits per heavy atom.